The monoisotopic (exact) mass is 299 g/mol. The topological polar surface area (TPSA) is 50.2 Å². The lowest BCUT2D eigenvalue weighted by atomic mass is 10.1. The maximum absolute atomic E-state index is 13.4. The van der Waals surface area contributed by atoms with Crippen molar-refractivity contribution in [3.05, 3.63) is 51.9 Å². The van der Waals surface area contributed by atoms with E-state index in [0.29, 0.717) is 21.3 Å². The second-order valence-electron chi connectivity index (χ2n) is 3.82. The molecule has 1 heterocycles. The molecule has 0 bridgehead atoms. The molecule has 19 heavy (non-hydrogen) atoms. The molecule has 0 amide bonds. The summed E-state index contributed by atoms with van der Waals surface area (Å²) in [5.41, 5.74) is 0.966. The molecule has 2 rings (SSSR count). The number of aromatic nitrogens is 1. The number of aliphatic carboxylic acids is 1. The Kier molecular flexibility index (Phi) is 4.02. The molecule has 6 heteroatoms. The first kappa shape index (κ1) is 13.8. The third-order valence-corrected chi connectivity index (χ3v) is 3.19. The second-order valence-corrected chi connectivity index (χ2v) is 4.64. The first-order valence-electron chi connectivity index (χ1n) is 5.30. The first-order valence-corrected chi connectivity index (χ1v) is 6.05. The molecule has 0 fully saturated rings. The van der Waals surface area contributed by atoms with E-state index in [2.05, 4.69) is 4.98 Å². The van der Waals surface area contributed by atoms with Crippen molar-refractivity contribution in [3.63, 3.8) is 0 Å². The Balaban J connectivity index is 2.44. The van der Waals surface area contributed by atoms with Crippen LogP contribution in [0.2, 0.25) is 10.0 Å². The van der Waals surface area contributed by atoms with E-state index in [-0.39, 0.29) is 5.69 Å². The molecule has 1 N–H and O–H groups in total. The third kappa shape index (κ3) is 3.22. The van der Waals surface area contributed by atoms with Crippen LogP contribution in [0.1, 0.15) is 5.69 Å². The zero-order chi connectivity index (χ0) is 14.0. The minimum atomic E-state index is -1.14. The maximum Gasteiger partial charge on any atom is 0.309 e. The van der Waals surface area contributed by atoms with Gasteiger partial charge in [-0.1, -0.05) is 29.3 Å². The molecule has 3 nitrogen and oxygen atoms in total. The van der Waals surface area contributed by atoms with Crippen molar-refractivity contribution in [3.8, 4) is 11.3 Å². The quantitative estimate of drug-likeness (QED) is 0.937. The highest BCUT2D eigenvalue weighted by atomic mass is 35.5. The zero-order valence-corrected chi connectivity index (χ0v) is 11.0. The molecule has 98 valence electrons. The van der Waals surface area contributed by atoms with Crippen LogP contribution in [0.25, 0.3) is 11.3 Å². The molecule has 0 unspecified atom stereocenters. The van der Waals surface area contributed by atoms with Gasteiger partial charge in [0.2, 0.25) is 0 Å². The highest BCUT2D eigenvalue weighted by Gasteiger charge is 2.11. The molecule has 1 aromatic carbocycles. The average molecular weight is 300 g/mol. The summed E-state index contributed by atoms with van der Waals surface area (Å²) in [5, 5.41) is 9.44. The molecule has 2 aromatic rings. The smallest absolute Gasteiger partial charge is 0.309 e. The molecule has 1 aromatic heterocycles. The van der Waals surface area contributed by atoms with Crippen molar-refractivity contribution in [2.45, 2.75) is 6.42 Å². The largest absolute Gasteiger partial charge is 0.481 e. The van der Waals surface area contributed by atoms with Crippen molar-refractivity contribution >= 4 is 29.2 Å². The summed E-state index contributed by atoms with van der Waals surface area (Å²) < 4.78 is 13.4. The Morgan fingerprint density at radius 3 is 2.58 bits per heavy atom. The van der Waals surface area contributed by atoms with E-state index in [0.717, 1.165) is 0 Å². The lowest BCUT2D eigenvalue weighted by Crippen LogP contribution is -2.05. The van der Waals surface area contributed by atoms with Crippen LogP contribution in [0.3, 0.4) is 0 Å². The van der Waals surface area contributed by atoms with Crippen LogP contribution >= 0.6 is 23.2 Å². The van der Waals surface area contributed by atoms with E-state index in [1.54, 1.807) is 18.2 Å². The predicted octanol–water partition coefficient (Wildman–Crippen LogP) is 3.82. The number of benzene rings is 1. The van der Waals surface area contributed by atoms with E-state index >= 15 is 0 Å². The molecular weight excluding hydrogens is 292 g/mol. The van der Waals surface area contributed by atoms with Crippen LogP contribution in [-0.4, -0.2) is 16.1 Å². The summed E-state index contributed by atoms with van der Waals surface area (Å²) in [7, 11) is 0. The SMILES string of the molecule is O=C(O)Cc1nc(-c2ccc(Cl)c(Cl)c2)ccc1F. The van der Waals surface area contributed by atoms with Crippen LogP contribution in [0, 0.1) is 5.82 Å². The maximum atomic E-state index is 13.4. The minimum absolute atomic E-state index is 0.115. The fraction of sp³-hybridized carbons (Fsp3) is 0.0769. The number of nitrogens with zero attached hydrogens (tertiary/aromatic N) is 1. The molecule has 0 aliphatic carbocycles. The molecule has 0 spiro atoms. The van der Waals surface area contributed by atoms with Crippen LogP contribution < -0.4 is 0 Å². The van der Waals surface area contributed by atoms with Gasteiger partial charge in [0.25, 0.3) is 0 Å². The molecular formula is C13H8Cl2FNO2. The van der Waals surface area contributed by atoms with Crippen molar-refractivity contribution < 1.29 is 14.3 Å². The fourth-order valence-corrected chi connectivity index (χ4v) is 1.87. The van der Waals surface area contributed by atoms with Crippen LogP contribution in [-0.2, 0) is 11.2 Å². The number of hydrogen-bond donors (Lipinski definition) is 1. The molecule has 0 saturated heterocycles. The molecule has 0 aliphatic rings. The molecule has 0 atom stereocenters. The first-order chi connectivity index (χ1) is 8.97. The number of carboxylic acids is 1. The lowest BCUT2D eigenvalue weighted by Gasteiger charge is -2.06. The third-order valence-electron chi connectivity index (χ3n) is 2.45. The van der Waals surface area contributed by atoms with E-state index in [1.807, 2.05) is 0 Å². The Morgan fingerprint density at radius 2 is 1.95 bits per heavy atom. The van der Waals surface area contributed by atoms with Gasteiger partial charge in [0, 0.05) is 5.56 Å². The summed E-state index contributed by atoms with van der Waals surface area (Å²) in [4.78, 5) is 14.6. The summed E-state index contributed by atoms with van der Waals surface area (Å²) in [6, 6.07) is 7.51. The van der Waals surface area contributed by atoms with Crippen molar-refractivity contribution in [1.82, 2.24) is 4.98 Å². The van der Waals surface area contributed by atoms with Gasteiger partial charge in [0.1, 0.15) is 5.82 Å². The summed E-state index contributed by atoms with van der Waals surface area (Å²) in [6.07, 6.45) is -0.471. The number of carbonyl (C=O) groups is 1. The average Bonchev–Trinajstić information content (AvgIpc) is 2.35. The number of carboxylic acid groups (broad SMARTS) is 1. The van der Waals surface area contributed by atoms with Gasteiger partial charge in [0.15, 0.2) is 0 Å². The van der Waals surface area contributed by atoms with Crippen molar-refractivity contribution in [1.29, 1.82) is 0 Å². The second kappa shape index (κ2) is 5.55. The van der Waals surface area contributed by atoms with E-state index in [9.17, 15) is 9.18 Å². The highest BCUT2D eigenvalue weighted by molar-refractivity contribution is 6.42. The van der Waals surface area contributed by atoms with E-state index in [4.69, 9.17) is 28.3 Å². The van der Waals surface area contributed by atoms with Gasteiger partial charge in [0.05, 0.1) is 27.9 Å². The van der Waals surface area contributed by atoms with Gasteiger partial charge in [-0.3, -0.25) is 4.79 Å². The number of rotatable bonds is 3. The highest BCUT2D eigenvalue weighted by Crippen LogP contribution is 2.28. The normalized spacial score (nSPS) is 10.5. The Labute approximate surface area is 118 Å². The standard InChI is InChI=1S/C13H8Cl2FNO2/c14-8-2-1-7(5-9(8)15)11-4-3-10(16)12(17-11)6-13(18)19/h1-5H,6H2,(H,18,19). The lowest BCUT2D eigenvalue weighted by molar-refractivity contribution is -0.136. The Morgan fingerprint density at radius 1 is 1.21 bits per heavy atom. The number of halogens is 3. The van der Waals surface area contributed by atoms with Gasteiger partial charge in [-0.25, -0.2) is 9.37 Å². The van der Waals surface area contributed by atoms with Gasteiger partial charge < -0.3 is 5.11 Å². The minimum Gasteiger partial charge on any atom is -0.481 e. The van der Waals surface area contributed by atoms with Crippen molar-refractivity contribution in [2.75, 3.05) is 0 Å². The number of hydrogen-bond acceptors (Lipinski definition) is 2. The Hall–Kier alpha value is -1.65. The van der Waals surface area contributed by atoms with Gasteiger partial charge >= 0.3 is 5.97 Å². The summed E-state index contributed by atoms with van der Waals surface area (Å²) in [5.74, 6) is -1.79. The fourth-order valence-electron chi connectivity index (χ4n) is 1.57. The van der Waals surface area contributed by atoms with E-state index < -0.39 is 18.2 Å². The number of pyridine rings is 1. The Bertz CT molecular complexity index is 647. The van der Waals surface area contributed by atoms with E-state index in [1.165, 1.54) is 12.1 Å². The van der Waals surface area contributed by atoms with Gasteiger partial charge in [-0.2, -0.15) is 0 Å². The predicted molar refractivity (Wildman–Crippen MR) is 71.0 cm³/mol. The van der Waals surface area contributed by atoms with Crippen LogP contribution in [0.5, 0.6) is 0 Å². The summed E-state index contributed by atoms with van der Waals surface area (Å²) in [6.45, 7) is 0. The van der Waals surface area contributed by atoms with Crippen LogP contribution in [0.4, 0.5) is 4.39 Å². The van der Waals surface area contributed by atoms with Crippen LogP contribution in [0.15, 0.2) is 30.3 Å². The zero-order valence-electron chi connectivity index (χ0n) is 9.53. The van der Waals surface area contributed by atoms with Crippen molar-refractivity contribution in [2.24, 2.45) is 0 Å². The summed E-state index contributed by atoms with van der Waals surface area (Å²) >= 11 is 11.7. The molecule has 0 saturated carbocycles. The molecule has 0 radical (unpaired) electrons. The van der Waals surface area contributed by atoms with Gasteiger partial charge in [-0.15, -0.1) is 0 Å². The van der Waals surface area contributed by atoms with Gasteiger partial charge in [-0.05, 0) is 24.3 Å². The molecule has 0 aliphatic heterocycles.